The van der Waals surface area contributed by atoms with Gasteiger partial charge in [-0.3, -0.25) is 19.4 Å². The van der Waals surface area contributed by atoms with Crippen molar-refractivity contribution in [3.63, 3.8) is 0 Å². The Balaban J connectivity index is 1.65. The van der Waals surface area contributed by atoms with Gasteiger partial charge in [0.05, 0.1) is 18.0 Å². The van der Waals surface area contributed by atoms with Crippen LogP contribution in [0.2, 0.25) is 0 Å². The SMILES string of the molecule is C[C@H](CC(=O)O)NC(=O)c1ccc([C@@H](C)N2C(=O)C(c3cccc(C(F)(F)F)c3)=NC23CCC(C(C)(C)C)CC3)cc1. The summed E-state index contributed by atoms with van der Waals surface area (Å²) in [5, 5.41) is 11.6. The molecule has 7 nitrogen and oxygen atoms in total. The van der Waals surface area contributed by atoms with E-state index in [1.165, 1.54) is 12.1 Å². The largest absolute Gasteiger partial charge is 0.481 e. The molecule has 10 heteroatoms. The van der Waals surface area contributed by atoms with Gasteiger partial charge in [-0.05, 0) is 80.7 Å². The minimum atomic E-state index is -4.55. The fraction of sp³-hybridized carbons (Fsp3) is 0.500. The van der Waals surface area contributed by atoms with Gasteiger partial charge in [-0.2, -0.15) is 13.2 Å². The first-order chi connectivity index (χ1) is 19.5. The molecule has 0 saturated heterocycles. The molecule has 1 saturated carbocycles. The van der Waals surface area contributed by atoms with Crippen molar-refractivity contribution in [2.75, 3.05) is 0 Å². The fourth-order valence-electron chi connectivity index (χ4n) is 6.16. The maximum absolute atomic E-state index is 14.0. The molecular formula is C32H38F3N3O4. The van der Waals surface area contributed by atoms with Crippen LogP contribution in [0.25, 0.3) is 0 Å². The summed E-state index contributed by atoms with van der Waals surface area (Å²) in [4.78, 5) is 44.2. The number of rotatable bonds is 7. The molecule has 1 fully saturated rings. The highest BCUT2D eigenvalue weighted by molar-refractivity contribution is 6.46. The minimum absolute atomic E-state index is 0.0329. The Kier molecular flexibility index (Phi) is 8.58. The third-order valence-electron chi connectivity index (χ3n) is 8.57. The molecule has 226 valence electrons. The second-order valence-electron chi connectivity index (χ2n) is 12.6. The lowest BCUT2D eigenvalue weighted by Crippen LogP contribution is -2.50. The van der Waals surface area contributed by atoms with Gasteiger partial charge in [0.25, 0.3) is 11.8 Å². The molecule has 2 amide bonds. The molecule has 2 atom stereocenters. The number of aliphatic carboxylic acids is 1. The van der Waals surface area contributed by atoms with E-state index in [9.17, 15) is 27.6 Å². The highest BCUT2D eigenvalue weighted by Crippen LogP contribution is 2.49. The van der Waals surface area contributed by atoms with Crippen LogP contribution in [0.4, 0.5) is 13.2 Å². The van der Waals surface area contributed by atoms with E-state index in [-0.39, 0.29) is 23.1 Å². The van der Waals surface area contributed by atoms with Gasteiger partial charge in [0.2, 0.25) is 0 Å². The van der Waals surface area contributed by atoms with E-state index < -0.39 is 47.3 Å². The number of aliphatic imine (C=N–C) groups is 1. The minimum Gasteiger partial charge on any atom is -0.481 e. The standard InChI is InChI=1S/C32H38F3N3O4/c1-19(17-26(39)40)36-28(41)22-11-9-21(10-12-22)20(2)38-29(42)27(23-7-6-8-25(18-23)32(33,34)35)37-31(38)15-13-24(14-16-31)30(3,4)5/h6-12,18-20,24H,13-17H2,1-5H3,(H,36,41)(H,39,40)/t19-,20-,24?,31?/m1/s1. The molecule has 2 aliphatic rings. The van der Waals surface area contributed by atoms with Crippen molar-refractivity contribution in [1.82, 2.24) is 10.2 Å². The molecule has 0 bridgehead atoms. The number of carboxylic acids is 1. The molecule has 42 heavy (non-hydrogen) atoms. The van der Waals surface area contributed by atoms with Crippen LogP contribution >= 0.6 is 0 Å². The van der Waals surface area contributed by atoms with Gasteiger partial charge in [0, 0.05) is 17.2 Å². The molecule has 1 aliphatic heterocycles. The lowest BCUT2D eigenvalue weighted by Gasteiger charge is -2.46. The zero-order valence-corrected chi connectivity index (χ0v) is 24.6. The Morgan fingerprint density at radius 3 is 2.24 bits per heavy atom. The summed E-state index contributed by atoms with van der Waals surface area (Å²) in [6.45, 7) is 10.0. The maximum Gasteiger partial charge on any atom is 0.416 e. The lowest BCUT2D eigenvalue weighted by atomic mass is 9.69. The van der Waals surface area contributed by atoms with Crippen molar-refractivity contribution in [3.8, 4) is 0 Å². The van der Waals surface area contributed by atoms with E-state index in [2.05, 4.69) is 26.1 Å². The second kappa shape index (κ2) is 11.5. The highest BCUT2D eigenvalue weighted by atomic mass is 19.4. The van der Waals surface area contributed by atoms with Crippen LogP contribution in [-0.2, 0) is 15.8 Å². The number of benzene rings is 2. The van der Waals surface area contributed by atoms with Gasteiger partial charge >= 0.3 is 12.1 Å². The smallest absolute Gasteiger partial charge is 0.416 e. The number of nitrogens with one attached hydrogen (secondary N) is 1. The molecule has 2 aromatic rings. The van der Waals surface area contributed by atoms with Gasteiger partial charge in [-0.15, -0.1) is 0 Å². The number of alkyl halides is 3. The second-order valence-corrected chi connectivity index (χ2v) is 12.6. The summed E-state index contributed by atoms with van der Waals surface area (Å²) >= 11 is 0. The first-order valence-corrected chi connectivity index (χ1v) is 14.3. The van der Waals surface area contributed by atoms with E-state index in [1.807, 2.05) is 6.92 Å². The average molecular weight is 586 g/mol. The van der Waals surface area contributed by atoms with E-state index in [0.717, 1.165) is 30.5 Å². The average Bonchev–Trinajstić information content (AvgIpc) is 3.18. The molecule has 0 aromatic heterocycles. The number of nitrogens with zero attached hydrogens (tertiary/aromatic N) is 2. The normalized spacial score (nSPS) is 22.6. The number of amides is 2. The number of carbonyl (C=O) groups excluding carboxylic acids is 2. The molecule has 1 heterocycles. The number of carbonyl (C=O) groups is 3. The quantitative estimate of drug-likeness (QED) is 0.381. The van der Waals surface area contributed by atoms with E-state index >= 15 is 0 Å². The third-order valence-corrected chi connectivity index (χ3v) is 8.57. The number of hydrogen-bond donors (Lipinski definition) is 2. The van der Waals surface area contributed by atoms with Crippen LogP contribution in [0, 0.1) is 11.3 Å². The van der Waals surface area contributed by atoms with Crippen LogP contribution in [0.5, 0.6) is 0 Å². The molecule has 4 rings (SSSR count). The van der Waals surface area contributed by atoms with Gasteiger partial charge in [-0.1, -0.05) is 45.0 Å². The van der Waals surface area contributed by atoms with Crippen LogP contribution in [-0.4, -0.2) is 45.2 Å². The van der Waals surface area contributed by atoms with E-state index in [4.69, 9.17) is 10.1 Å². The summed E-state index contributed by atoms with van der Waals surface area (Å²) < 4.78 is 40.5. The summed E-state index contributed by atoms with van der Waals surface area (Å²) in [5.74, 6) is -1.42. The molecule has 0 radical (unpaired) electrons. The molecule has 0 unspecified atom stereocenters. The topological polar surface area (TPSA) is 99.1 Å². The Hall–Kier alpha value is -3.69. The maximum atomic E-state index is 14.0. The van der Waals surface area contributed by atoms with Crippen molar-refractivity contribution >= 4 is 23.5 Å². The van der Waals surface area contributed by atoms with Crippen LogP contribution in [0.15, 0.2) is 53.5 Å². The van der Waals surface area contributed by atoms with Gasteiger partial charge in [-0.25, -0.2) is 0 Å². The number of halogens is 3. The number of carboxylic acid groups (broad SMARTS) is 1. The Morgan fingerprint density at radius 2 is 1.69 bits per heavy atom. The Labute approximate surface area is 244 Å². The zero-order valence-electron chi connectivity index (χ0n) is 24.6. The molecule has 2 aromatic carbocycles. The van der Waals surface area contributed by atoms with E-state index in [1.54, 1.807) is 36.1 Å². The van der Waals surface area contributed by atoms with Crippen molar-refractivity contribution in [2.45, 2.75) is 90.6 Å². The highest BCUT2D eigenvalue weighted by Gasteiger charge is 2.52. The van der Waals surface area contributed by atoms with E-state index in [0.29, 0.717) is 24.3 Å². The summed E-state index contributed by atoms with van der Waals surface area (Å²) in [7, 11) is 0. The predicted octanol–water partition coefficient (Wildman–Crippen LogP) is 6.62. The zero-order chi connectivity index (χ0) is 31.0. The van der Waals surface area contributed by atoms with Gasteiger partial charge < -0.3 is 15.3 Å². The van der Waals surface area contributed by atoms with Gasteiger partial charge in [0.1, 0.15) is 11.4 Å². The van der Waals surface area contributed by atoms with Crippen molar-refractivity contribution < 1.29 is 32.7 Å². The molecule has 2 N–H and O–H groups in total. The summed E-state index contributed by atoms with van der Waals surface area (Å²) in [6, 6.07) is 10.4. The first-order valence-electron chi connectivity index (χ1n) is 14.3. The van der Waals surface area contributed by atoms with Crippen molar-refractivity contribution in [1.29, 1.82) is 0 Å². The van der Waals surface area contributed by atoms with Crippen LogP contribution < -0.4 is 5.32 Å². The fourth-order valence-corrected chi connectivity index (χ4v) is 6.16. The molecule has 1 spiro atoms. The lowest BCUT2D eigenvalue weighted by molar-refractivity contribution is -0.138. The summed E-state index contributed by atoms with van der Waals surface area (Å²) in [5.41, 5.74) is -0.376. The predicted molar refractivity (Wildman–Crippen MR) is 153 cm³/mol. The third kappa shape index (κ3) is 6.52. The monoisotopic (exact) mass is 585 g/mol. The van der Waals surface area contributed by atoms with Crippen LogP contribution in [0.3, 0.4) is 0 Å². The number of hydrogen-bond acceptors (Lipinski definition) is 4. The molecule has 1 aliphatic carbocycles. The molecular weight excluding hydrogens is 547 g/mol. The Morgan fingerprint density at radius 1 is 1.07 bits per heavy atom. The van der Waals surface area contributed by atoms with Crippen molar-refractivity contribution in [2.24, 2.45) is 16.3 Å². The Bertz CT molecular complexity index is 1370. The van der Waals surface area contributed by atoms with Crippen LogP contribution in [0.1, 0.15) is 99.8 Å². The summed E-state index contributed by atoms with van der Waals surface area (Å²) in [6.07, 6.45) is -1.91. The van der Waals surface area contributed by atoms with Gasteiger partial charge in [0.15, 0.2) is 0 Å². The van der Waals surface area contributed by atoms with Crippen molar-refractivity contribution in [3.05, 3.63) is 70.8 Å². The first kappa shape index (κ1) is 31.3.